The molecule has 1 spiro atoms. The number of hydrogen-bond acceptors (Lipinski definition) is 4. The Labute approximate surface area is 104 Å². The molecule has 100 valence electrons. The molecule has 2 unspecified atom stereocenters. The summed E-state index contributed by atoms with van der Waals surface area (Å²) in [7, 11) is -2.93. The molecule has 0 aromatic heterocycles. The Hall–Kier alpha value is -0.130. The second-order valence-corrected chi connectivity index (χ2v) is 8.64. The van der Waals surface area contributed by atoms with Crippen molar-refractivity contribution in [1.82, 2.24) is 5.32 Å². The van der Waals surface area contributed by atoms with Crippen molar-refractivity contribution in [3.05, 3.63) is 0 Å². The smallest absolute Gasteiger partial charge is 0.154 e. The first-order chi connectivity index (χ1) is 7.66. The lowest BCUT2D eigenvalue weighted by Crippen LogP contribution is -2.63. The van der Waals surface area contributed by atoms with Crippen LogP contribution in [0.3, 0.4) is 0 Å². The molecule has 0 aromatic rings. The lowest BCUT2D eigenvalue weighted by atomic mass is 9.78. The molecule has 17 heavy (non-hydrogen) atoms. The quantitative estimate of drug-likeness (QED) is 0.770. The molecule has 2 aliphatic rings. The van der Waals surface area contributed by atoms with Gasteiger partial charge in [-0.2, -0.15) is 0 Å². The highest BCUT2D eigenvalue weighted by atomic mass is 32.2. The molecule has 0 aromatic carbocycles. The molecule has 2 rings (SSSR count). The zero-order valence-electron chi connectivity index (χ0n) is 11.1. The summed E-state index contributed by atoms with van der Waals surface area (Å²) in [5, 5.41) is 3.32. The summed E-state index contributed by atoms with van der Waals surface area (Å²) in [5.74, 6) is 0.761. The van der Waals surface area contributed by atoms with Gasteiger partial charge in [0, 0.05) is 18.4 Å². The van der Waals surface area contributed by atoms with E-state index >= 15 is 0 Å². The van der Waals surface area contributed by atoms with Crippen LogP contribution in [0.25, 0.3) is 0 Å². The fourth-order valence-electron chi connectivity index (χ4n) is 3.02. The maximum absolute atomic E-state index is 11.6. The maximum Gasteiger partial charge on any atom is 0.154 e. The van der Waals surface area contributed by atoms with Crippen LogP contribution in [0.15, 0.2) is 0 Å². The van der Waals surface area contributed by atoms with E-state index in [2.05, 4.69) is 33.0 Å². The second-order valence-electron chi connectivity index (χ2n) is 6.46. The average molecular weight is 261 g/mol. The molecule has 0 amide bonds. The highest BCUT2D eigenvalue weighted by Gasteiger charge is 2.51. The van der Waals surface area contributed by atoms with Gasteiger partial charge in [-0.1, -0.05) is 27.7 Å². The van der Waals surface area contributed by atoms with Crippen LogP contribution in [0, 0.1) is 11.3 Å². The maximum atomic E-state index is 11.6. The fourth-order valence-corrected chi connectivity index (χ4v) is 4.83. The Kier molecular flexibility index (Phi) is 3.08. The summed E-state index contributed by atoms with van der Waals surface area (Å²) < 4.78 is 29.4. The number of nitrogens with one attached hydrogen (secondary N) is 1. The molecule has 5 heteroatoms. The Morgan fingerprint density at radius 3 is 2.47 bits per heavy atom. The van der Waals surface area contributed by atoms with Crippen LogP contribution in [0.5, 0.6) is 0 Å². The molecule has 1 N–H and O–H groups in total. The summed E-state index contributed by atoms with van der Waals surface area (Å²) in [6, 6.07) is 0. The highest BCUT2D eigenvalue weighted by Crippen LogP contribution is 2.39. The third kappa shape index (κ3) is 2.51. The Morgan fingerprint density at radius 1 is 1.35 bits per heavy atom. The van der Waals surface area contributed by atoms with E-state index in [4.69, 9.17) is 4.74 Å². The van der Waals surface area contributed by atoms with Crippen LogP contribution < -0.4 is 5.32 Å². The van der Waals surface area contributed by atoms with Gasteiger partial charge in [-0.05, 0) is 5.92 Å². The second kappa shape index (κ2) is 3.93. The van der Waals surface area contributed by atoms with Gasteiger partial charge in [0.1, 0.15) is 5.72 Å². The zero-order chi connectivity index (χ0) is 12.9. The van der Waals surface area contributed by atoms with E-state index in [1.54, 1.807) is 0 Å². The van der Waals surface area contributed by atoms with Crippen LogP contribution >= 0.6 is 0 Å². The molecule has 0 saturated carbocycles. The van der Waals surface area contributed by atoms with Crippen LogP contribution in [0.1, 0.15) is 34.1 Å². The van der Waals surface area contributed by atoms with Crippen molar-refractivity contribution < 1.29 is 13.2 Å². The molecule has 2 saturated heterocycles. The van der Waals surface area contributed by atoms with E-state index in [1.807, 2.05) is 0 Å². The van der Waals surface area contributed by atoms with Gasteiger partial charge in [0.05, 0.1) is 17.6 Å². The van der Waals surface area contributed by atoms with E-state index in [0.717, 1.165) is 6.54 Å². The van der Waals surface area contributed by atoms with Gasteiger partial charge in [-0.3, -0.25) is 5.32 Å². The van der Waals surface area contributed by atoms with Crippen molar-refractivity contribution in [3.8, 4) is 0 Å². The van der Waals surface area contributed by atoms with E-state index in [1.165, 1.54) is 0 Å². The lowest BCUT2D eigenvalue weighted by molar-refractivity contribution is -0.191. The summed E-state index contributed by atoms with van der Waals surface area (Å²) in [6.45, 7) is 9.41. The van der Waals surface area contributed by atoms with E-state index < -0.39 is 15.6 Å². The van der Waals surface area contributed by atoms with Gasteiger partial charge in [-0.25, -0.2) is 8.42 Å². The molecular weight excluding hydrogens is 238 g/mol. The topological polar surface area (TPSA) is 55.4 Å². The van der Waals surface area contributed by atoms with Gasteiger partial charge < -0.3 is 4.74 Å². The first kappa shape index (κ1) is 13.3. The molecule has 0 bridgehead atoms. The summed E-state index contributed by atoms with van der Waals surface area (Å²) >= 11 is 0. The molecule has 0 aliphatic carbocycles. The molecule has 0 radical (unpaired) electrons. The fraction of sp³-hybridized carbons (Fsp3) is 1.00. The normalized spacial score (nSPS) is 39.9. The Balaban J connectivity index is 2.20. The van der Waals surface area contributed by atoms with Gasteiger partial charge in [-0.15, -0.1) is 0 Å². The summed E-state index contributed by atoms with van der Waals surface area (Å²) in [5.41, 5.74) is -0.574. The molecular formula is C12H23NO3S. The van der Waals surface area contributed by atoms with Crippen molar-refractivity contribution in [3.63, 3.8) is 0 Å². The van der Waals surface area contributed by atoms with Gasteiger partial charge in [0.15, 0.2) is 9.84 Å². The van der Waals surface area contributed by atoms with Crippen molar-refractivity contribution in [2.24, 2.45) is 11.3 Å². The minimum atomic E-state index is -2.93. The standard InChI is InChI=1S/C12H23NO3S/c1-9(2)10-11(3,4)7-13-12(16-10)5-6-17(14,15)8-12/h9-10,13H,5-8H2,1-4H3. The molecule has 2 atom stereocenters. The van der Waals surface area contributed by atoms with Gasteiger partial charge in [0.2, 0.25) is 0 Å². The number of rotatable bonds is 1. The third-order valence-corrected chi connectivity index (χ3v) is 5.60. The molecule has 4 nitrogen and oxygen atoms in total. The third-order valence-electron chi connectivity index (χ3n) is 3.86. The molecule has 2 aliphatic heterocycles. The SMILES string of the molecule is CC(C)C1OC2(CCS(=O)(=O)C2)NCC1(C)C. The predicted octanol–water partition coefficient (Wildman–Crippen LogP) is 1.17. The van der Waals surface area contributed by atoms with E-state index in [9.17, 15) is 8.42 Å². The minimum absolute atomic E-state index is 0.0474. The van der Waals surface area contributed by atoms with Crippen molar-refractivity contribution in [2.45, 2.75) is 45.9 Å². The zero-order valence-corrected chi connectivity index (χ0v) is 11.9. The first-order valence-electron chi connectivity index (χ1n) is 6.29. The molecule has 2 heterocycles. The number of sulfone groups is 1. The van der Waals surface area contributed by atoms with Gasteiger partial charge in [0.25, 0.3) is 0 Å². The number of ether oxygens (including phenoxy) is 1. The monoisotopic (exact) mass is 261 g/mol. The van der Waals surface area contributed by atoms with Crippen LogP contribution in [0.4, 0.5) is 0 Å². The predicted molar refractivity (Wildman–Crippen MR) is 67.5 cm³/mol. The van der Waals surface area contributed by atoms with Crippen molar-refractivity contribution in [2.75, 3.05) is 18.1 Å². The van der Waals surface area contributed by atoms with Crippen LogP contribution in [0.2, 0.25) is 0 Å². The lowest BCUT2D eigenvalue weighted by Gasteiger charge is -2.49. The number of hydrogen-bond donors (Lipinski definition) is 1. The Morgan fingerprint density at radius 2 is 2.00 bits per heavy atom. The first-order valence-corrected chi connectivity index (χ1v) is 8.11. The van der Waals surface area contributed by atoms with Crippen LogP contribution in [-0.4, -0.2) is 38.3 Å². The summed E-state index contributed by atoms with van der Waals surface area (Å²) in [6.07, 6.45) is 0.686. The average Bonchev–Trinajstić information content (AvgIpc) is 2.47. The van der Waals surface area contributed by atoms with E-state index in [0.29, 0.717) is 12.3 Å². The van der Waals surface area contributed by atoms with Crippen LogP contribution in [-0.2, 0) is 14.6 Å². The largest absolute Gasteiger partial charge is 0.355 e. The van der Waals surface area contributed by atoms with Crippen molar-refractivity contribution >= 4 is 9.84 Å². The van der Waals surface area contributed by atoms with E-state index in [-0.39, 0.29) is 23.0 Å². The highest BCUT2D eigenvalue weighted by molar-refractivity contribution is 7.91. The van der Waals surface area contributed by atoms with Crippen molar-refractivity contribution in [1.29, 1.82) is 0 Å². The molecule has 2 fully saturated rings. The van der Waals surface area contributed by atoms with Gasteiger partial charge >= 0.3 is 0 Å². The Bertz CT molecular complexity index is 402. The minimum Gasteiger partial charge on any atom is -0.355 e. The summed E-state index contributed by atoms with van der Waals surface area (Å²) in [4.78, 5) is 0.